The summed E-state index contributed by atoms with van der Waals surface area (Å²) in [6, 6.07) is 9.83. The summed E-state index contributed by atoms with van der Waals surface area (Å²) in [4.78, 5) is 16.6. The first-order chi connectivity index (χ1) is 9.70. The van der Waals surface area contributed by atoms with Gasteiger partial charge in [-0.25, -0.2) is 0 Å². The maximum atomic E-state index is 12.5. The largest absolute Gasteiger partial charge is 0.308 e. The van der Waals surface area contributed by atoms with E-state index in [1.54, 1.807) is 6.08 Å². The molecule has 2 rings (SSSR count). The second kappa shape index (κ2) is 7.25. The van der Waals surface area contributed by atoms with E-state index in [2.05, 4.69) is 18.4 Å². The molecule has 20 heavy (non-hydrogen) atoms. The van der Waals surface area contributed by atoms with Crippen molar-refractivity contribution in [1.29, 1.82) is 0 Å². The minimum Gasteiger partial charge on any atom is -0.308 e. The molecule has 1 amide bonds. The Labute approximate surface area is 121 Å². The van der Waals surface area contributed by atoms with Gasteiger partial charge in [0, 0.05) is 12.2 Å². The van der Waals surface area contributed by atoms with E-state index in [-0.39, 0.29) is 5.91 Å². The van der Waals surface area contributed by atoms with Crippen LogP contribution in [0.5, 0.6) is 0 Å². The SMILES string of the molecule is C=CCN(C(=O)CN1CCC(C)CC1)c1ccccc1. The molecule has 3 heteroatoms. The highest BCUT2D eigenvalue weighted by atomic mass is 16.2. The topological polar surface area (TPSA) is 23.6 Å². The number of anilines is 1. The maximum absolute atomic E-state index is 12.5. The zero-order valence-electron chi connectivity index (χ0n) is 12.3. The van der Waals surface area contributed by atoms with Gasteiger partial charge in [-0.3, -0.25) is 9.69 Å². The predicted octanol–water partition coefficient (Wildman–Crippen LogP) is 2.94. The quantitative estimate of drug-likeness (QED) is 0.769. The van der Waals surface area contributed by atoms with Crippen LogP contribution in [-0.2, 0) is 4.79 Å². The number of carbonyl (C=O) groups excluding carboxylic acids is 1. The van der Waals surface area contributed by atoms with Gasteiger partial charge in [-0.15, -0.1) is 6.58 Å². The van der Waals surface area contributed by atoms with Crippen LogP contribution in [0.3, 0.4) is 0 Å². The standard InChI is InChI=1S/C17H24N2O/c1-3-11-19(16-7-5-4-6-8-16)17(20)14-18-12-9-15(2)10-13-18/h3-8,15H,1,9-14H2,2H3. The minimum atomic E-state index is 0.158. The second-order valence-electron chi connectivity index (χ2n) is 5.59. The molecule has 0 unspecified atom stereocenters. The molecule has 0 spiro atoms. The first kappa shape index (κ1) is 14.8. The Hall–Kier alpha value is -1.61. The van der Waals surface area contributed by atoms with Crippen molar-refractivity contribution >= 4 is 11.6 Å². The highest BCUT2D eigenvalue weighted by Gasteiger charge is 2.21. The monoisotopic (exact) mass is 272 g/mol. The molecule has 1 fully saturated rings. The fraction of sp³-hybridized carbons (Fsp3) is 0.471. The second-order valence-corrected chi connectivity index (χ2v) is 5.59. The Morgan fingerprint density at radius 3 is 2.60 bits per heavy atom. The third kappa shape index (κ3) is 3.94. The summed E-state index contributed by atoms with van der Waals surface area (Å²) >= 11 is 0. The van der Waals surface area contributed by atoms with Crippen LogP contribution in [0, 0.1) is 5.92 Å². The summed E-state index contributed by atoms with van der Waals surface area (Å²) < 4.78 is 0. The molecular formula is C17H24N2O. The van der Waals surface area contributed by atoms with Gasteiger partial charge < -0.3 is 4.90 Å². The summed E-state index contributed by atoms with van der Waals surface area (Å²) in [7, 11) is 0. The van der Waals surface area contributed by atoms with Crippen molar-refractivity contribution in [1.82, 2.24) is 4.90 Å². The smallest absolute Gasteiger partial charge is 0.241 e. The molecule has 1 aliphatic rings. The van der Waals surface area contributed by atoms with Crippen LogP contribution < -0.4 is 4.90 Å². The van der Waals surface area contributed by atoms with Crippen LogP contribution in [0.4, 0.5) is 5.69 Å². The molecule has 1 aliphatic heterocycles. The molecule has 1 saturated heterocycles. The average Bonchev–Trinajstić information content (AvgIpc) is 2.48. The lowest BCUT2D eigenvalue weighted by atomic mass is 9.99. The molecular weight excluding hydrogens is 248 g/mol. The highest BCUT2D eigenvalue weighted by Crippen LogP contribution is 2.17. The Kier molecular flexibility index (Phi) is 5.36. The van der Waals surface area contributed by atoms with Gasteiger partial charge in [0.05, 0.1) is 6.54 Å². The zero-order chi connectivity index (χ0) is 14.4. The molecule has 0 N–H and O–H groups in total. The van der Waals surface area contributed by atoms with Crippen LogP contribution in [-0.4, -0.2) is 37.0 Å². The molecule has 1 aromatic rings. The van der Waals surface area contributed by atoms with E-state index in [1.165, 1.54) is 12.8 Å². The summed E-state index contributed by atoms with van der Waals surface area (Å²) in [5.74, 6) is 0.949. The zero-order valence-corrected chi connectivity index (χ0v) is 12.3. The molecule has 0 radical (unpaired) electrons. The molecule has 0 bridgehead atoms. The Morgan fingerprint density at radius 1 is 1.35 bits per heavy atom. The van der Waals surface area contributed by atoms with Gasteiger partial charge in [-0.05, 0) is 44.0 Å². The van der Waals surface area contributed by atoms with Crippen LogP contribution in [0.25, 0.3) is 0 Å². The van der Waals surface area contributed by atoms with Gasteiger partial charge in [-0.2, -0.15) is 0 Å². The van der Waals surface area contributed by atoms with Crippen LogP contribution in [0.15, 0.2) is 43.0 Å². The van der Waals surface area contributed by atoms with E-state index in [0.29, 0.717) is 13.1 Å². The Balaban J connectivity index is 1.99. The van der Waals surface area contributed by atoms with E-state index in [9.17, 15) is 4.79 Å². The number of likely N-dealkylation sites (tertiary alicyclic amines) is 1. The van der Waals surface area contributed by atoms with Gasteiger partial charge in [0.1, 0.15) is 0 Å². The van der Waals surface area contributed by atoms with Crippen molar-refractivity contribution in [2.24, 2.45) is 5.92 Å². The van der Waals surface area contributed by atoms with E-state index in [4.69, 9.17) is 0 Å². The van der Waals surface area contributed by atoms with E-state index in [0.717, 1.165) is 24.7 Å². The first-order valence-electron chi connectivity index (χ1n) is 7.39. The minimum absolute atomic E-state index is 0.158. The number of para-hydroxylation sites is 1. The number of hydrogen-bond acceptors (Lipinski definition) is 2. The lowest BCUT2D eigenvalue weighted by molar-refractivity contribution is -0.120. The molecule has 0 saturated carbocycles. The van der Waals surface area contributed by atoms with Crippen molar-refractivity contribution in [2.45, 2.75) is 19.8 Å². The molecule has 108 valence electrons. The molecule has 0 aliphatic carbocycles. The third-order valence-electron chi connectivity index (χ3n) is 3.92. The van der Waals surface area contributed by atoms with Gasteiger partial charge in [0.25, 0.3) is 0 Å². The predicted molar refractivity (Wildman–Crippen MR) is 83.8 cm³/mol. The van der Waals surface area contributed by atoms with E-state index < -0.39 is 0 Å². The number of nitrogens with zero attached hydrogens (tertiary/aromatic N) is 2. The van der Waals surface area contributed by atoms with Crippen LogP contribution in [0.1, 0.15) is 19.8 Å². The van der Waals surface area contributed by atoms with E-state index >= 15 is 0 Å². The first-order valence-corrected chi connectivity index (χ1v) is 7.39. The number of benzene rings is 1. The van der Waals surface area contributed by atoms with Crippen molar-refractivity contribution in [3.63, 3.8) is 0 Å². The van der Waals surface area contributed by atoms with Gasteiger partial charge in [0.15, 0.2) is 0 Å². The number of carbonyl (C=O) groups is 1. The molecule has 0 aromatic heterocycles. The maximum Gasteiger partial charge on any atom is 0.241 e. The highest BCUT2D eigenvalue weighted by molar-refractivity contribution is 5.95. The molecule has 1 heterocycles. The number of hydrogen-bond donors (Lipinski definition) is 0. The van der Waals surface area contributed by atoms with Crippen molar-refractivity contribution < 1.29 is 4.79 Å². The third-order valence-corrected chi connectivity index (χ3v) is 3.92. The number of rotatable bonds is 5. The number of amides is 1. The van der Waals surface area contributed by atoms with Gasteiger partial charge >= 0.3 is 0 Å². The molecule has 3 nitrogen and oxygen atoms in total. The fourth-order valence-corrected chi connectivity index (χ4v) is 2.59. The lowest BCUT2D eigenvalue weighted by Crippen LogP contribution is -2.43. The normalized spacial score (nSPS) is 16.9. The van der Waals surface area contributed by atoms with Gasteiger partial charge in [-0.1, -0.05) is 31.2 Å². The summed E-state index contributed by atoms with van der Waals surface area (Å²) in [6.45, 7) is 9.18. The van der Waals surface area contributed by atoms with Crippen molar-refractivity contribution in [3.05, 3.63) is 43.0 Å². The fourth-order valence-electron chi connectivity index (χ4n) is 2.59. The van der Waals surface area contributed by atoms with Crippen molar-refractivity contribution in [3.8, 4) is 0 Å². The average molecular weight is 272 g/mol. The van der Waals surface area contributed by atoms with Crippen molar-refractivity contribution in [2.75, 3.05) is 31.1 Å². The van der Waals surface area contributed by atoms with E-state index in [1.807, 2.05) is 35.2 Å². The number of piperidine rings is 1. The summed E-state index contributed by atoms with van der Waals surface area (Å²) in [5, 5.41) is 0. The van der Waals surface area contributed by atoms with Crippen LogP contribution >= 0.6 is 0 Å². The molecule has 1 aromatic carbocycles. The Morgan fingerprint density at radius 2 is 2.00 bits per heavy atom. The van der Waals surface area contributed by atoms with Gasteiger partial charge in [0.2, 0.25) is 5.91 Å². The summed E-state index contributed by atoms with van der Waals surface area (Å²) in [6.07, 6.45) is 4.17. The van der Waals surface area contributed by atoms with Crippen LogP contribution in [0.2, 0.25) is 0 Å². The summed E-state index contributed by atoms with van der Waals surface area (Å²) in [5.41, 5.74) is 0.947. The lowest BCUT2D eigenvalue weighted by Gasteiger charge is -2.31. The molecule has 0 atom stereocenters. The Bertz CT molecular complexity index is 436.